The molecule has 1 amide bonds. The van der Waals surface area contributed by atoms with Gasteiger partial charge in [0.2, 0.25) is 5.75 Å². The second-order valence-electron chi connectivity index (χ2n) is 5.65. The normalized spacial score (nSPS) is 10.1. The first kappa shape index (κ1) is 18.3. The molecule has 0 radical (unpaired) electrons. The third kappa shape index (κ3) is 4.55. The number of hydrogen-bond acceptors (Lipinski definition) is 5. The zero-order chi connectivity index (χ0) is 19.1. The smallest absolute Gasteiger partial charge is 0.257 e. The van der Waals surface area contributed by atoms with Crippen molar-refractivity contribution in [3.63, 3.8) is 0 Å². The number of benzene rings is 2. The average molecular weight is 364 g/mol. The number of nitrogens with zero attached hydrogens (tertiary/aromatic N) is 1. The molecule has 0 fully saturated rings. The number of ether oxygens (including phenoxy) is 3. The summed E-state index contributed by atoms with van der Waals surface area (Å²) in [5.41, 5.74) is 1.39. The zero-order valence-electron chi connectivity index (χ0n) is 15.1. The predicted molar refractivity (Wildman–Crippen MR) is 103 cm³/mol. The number of carbonyl (C=O) groups is 1. The van der Waals surface area contributed by atoms with Crippen molar-refractivity contribution in [2.75, 3.05) is 19.5 Å². The van der Waals surface area contributed by atoms with Crippen LogP contribution in [-0.2, 0) is 6.61 Å². The Balaban J connectivity index is 1.84. The van der Waals surface area contributed by atoms with Crippen LogP contribution in [0.25, 0.3) is 0 Å². The first-order chi connectivity index (χ1) is 13.2. The molecule has 1 aromatic heterocycles. The van der Waals surface area contributed by atoms with Crippen LogP contribution in [0, 0.1) is 0 Å². The highest BCUT2D eigenvalue weighted by molar-refractivity contribution is 6.04. The number of amides is 1. The summed E-state index contributed by atoms with van der Waals surface area (Å²) in [7, 11) is 3.04. The molecule has 6 nitrogen and oxygen atoms in total. The average Bonchev–Trinajstić information content (AvgIpc) is 2.73. The summed E-state index contributed by atoms with van der Waals surface area (Å²) in [6.45, 7) is 0.354. The van der Waals surface area contributed by atoms with Gasteiger partial charge in [-0.1, -0.05) is 36.4 Å². The van der Waals surface area contributed by atoms with E-state index in [4.69, 9.17) is 14.2 Å². The van der Waals surface area contributed by atoms with Crippen LogP contribution in [0.2, 0.25) is 0 Å². The van der Waals surface area contributed by atoms with E-state index in [9.17, 15) is 4.79 Å². The lowest BCUT2D eigenvalue weighted by Crippen LogP contribution is -2.13. The number of anilines is 1. The highest BCUT2D eigenvalue weighted by Crippen LogP contribution is 2.39. The largest absolute Gasteiger partial charge is 0.493 e. The lowest BCUT2D eigenvalue weighted by atomic mass is 10.1. The van der Waals surface area contributed by atoms with Gasteiger partial charge in [0.05, 0.1) is 14.2 Å². The summed E-state index contributed by atoms with van der Waals surface area (Å²) in [5.74, 6) is 1.41. The Morgan fingerprint density at radius 3 is 2.22 bits per heavy atom. The van der Waals surface area contributed by atoms with Crippen LogP contribution in [0.5, 0.6) is 17.2 Å². The summed E-state index contributed by atoms with van der Waals surface area (Å²) in [4.78, 5) is 16.6. The maximum Gasteiger partial charge on any atom is 0.257 e. The summed E-state index contributed by atoms with van der Waals surface area (Å²) >= 11 is 0. The number of pyridine rings is 1. The van der Waals surface area contributed by atoms with Gasteiger partial charge in [0.15, 0.2) is 11.5 Å². The Labute approximate surface area is 157 Å². The number of rotatable bonds is 7. The number of methoxy groups -OCH3 is 2. The fourth-order valence-electron chi connectivity index (χ4n) is 2.51. The van der Waals surface area contributed by atoms with Crippen LogP contribution >= 0.6 is 0 Å². The molecule has 3 aromatic rings. The molecule has 2 aromatic carbocycles. The number of carbonyl (C=O) groups excluding carboxylic acids is 1. The summed E-state index contributed by atoms with van der Waals surface area (Å²) in [6.07, 6.45) is 1.61. The highest BCUT2D eigenvalue weighted by Gasteiger charge is 2.18. The van der Waals surface area contributed by atoms with E-state index in [0.29, 0.717) is 35.2 Å². The van der Waals surface area contributed by atoms with Crippen molar-refractivity contribution in [1.29, 1.82) is 0 Å². The predicted octanol–water partition coefficient (Wildman–Crippen LogP) is 3.93. The minimum absolute atomic E-state index is 0.320. The Hall–Kier alpha value is -3.54. The molecule has 0 aliphatic rings. The van der Waals surface area contributed by atoms with Gasteiger partial charge in [-0.3, -0.25) is 4.79 Å². The minimum atomic E-state index is -0.320. The fraction of sp³-hybridized carbons (Fsp3) is 0.143. The van der Waals surface area contributed by atoms with Crippen molar-refractivity contribution < 1.29 is 19.0 Å². The van der Waals surface area contributed by atoms with Crippen molar-refractivity contribution in [3.05, 3.63) is 78.0 Å². The van der Waals surface area contributed by atoms with Crippen LogP contribution in [0.4, 0.5) is 5.82 Å². The van der Waals surface area contributed by atoms with Gasteiger partial charge >= 0.3 is 0 Å². The number of hydrogen-bond donors (Lipinski definition) is 1. The maximum absolute atomic E-state index is 12.5. The van der Waals surface area contributed by atoms with Gasteiger partial charge in [-0.05, 0) is 29.8 Å². The van der Waals surface area contributed by atoms with Crippen LogP contribution < -0.4 is 19.5 Å². The van der Waals surface area contributed by atoms with E-state index >= 15 is 0 Å². The van der Waals surface area contributed by atoms with Gasteiger partial charge in [-0.15, -0.1) is 0 Å². The van der Waals surface area contributed by atoms with Gasteiger partial charge in [-0.2, -0.15) is 0 Å². The van der Waals surface area contributed by atoms with Crippen molar-refractivity contribution in [1.82, 2.24) is 4.98 Å². The first-order valence-corrected chi connectivity index (χ1v) is 8.36. The SMILES string of the molecule is COc1cc(C(=O)Nc2ccccn2)cc(OC)c1OCc1ccccc1. The van der Waals surface area contributed by atoms with Gasteiger partial charge in [0.25, 0.3) is 5.91 Å². The Kier molecular flexibility index (Phi) is 5.89. The molecule has 138 valence electrons. The van der Waals surface area contributed by atoms with E-state index in [0.717, 1.165) is 5.56 Å². The van der Waals surface area contributed by atoms with Crippen molar-refractivity contribution in [2.45, 2.75) is 6.61 Å². The van der Waals surface area contributed by atoms with E-state index in [1.54, 1.807) is 36.5 Å². The van der Waals surface area contributed by atoms with E-state index in [2.05, 4.69) is 10.3 Å². The maximum atomic E-state index is 12.5. The molecule has 27 heavy (non-hydrogen) atoms. The summed E-state index contributed by atoms with van der Waals surface area (Å²) < 4.78 is 16.7. The molecule has 0 atom stereocenters. The monoisotopic (exact) mass is 364 g/mol. The Morgan fingerprint density at radius 2 is 1.63 bits per heavy atom. The Morgan fingerprint density at radius 1 is 0.963 bits per heavy atom. The zero-order valence-corrected chi connectivity index (χ0v) is 15.1. The van der Waals surface area contributed by atoms with Gasteiger partial charge < -0.3 is 19.5 Å². The second-order valence-corrected chi connectivity index (χ2v) is 5.65. The van der Waals surface area contributed by atoms with Crippen LogP contribution in [0.15, 0.2) is 66.9 Å². The summed E-state index contributed by atoms with van der Waals surface area (Å²) in [5, 5.41) is 2.74. The lowest BCUT2D eigenvalue weighted by Gasteiger charge is -2.16. The number of nitrogens with one attached hydrogen (secondary N) is 1. The standard InChI is InChI=1S/C21H20N2O4/c1-25-17-12-16(21(24)23-19-10-6-7-11-22-19)13-18(26-2)20(17)27-14-15-8-4-3-5-9-15/h3-13H,14H2,1-2H3,(H,22,23,24). The van der Waals surface area contributed by atoms with Crippen LogP contribution in [0.1, 0.15) is 15.9 Å². The molecule has 0 aliphatic carbocycles. The van der Waals surface area contributed by atoms with E-state index in [1.165, 1.54) is 14.2 Å². The van der Waals surface area contributed by atoms with Gasteiger partial charge in [0.1, 0.15) is 12.4 Å². The van der Waals surface area contributed by atoms with Gasteiger partial charge in [-0.25, -0.2) is 4.98 Å². The van der Waals surface area contributed by atoms with E-state index < -0.39 is 0 Å². The van der Waals surface area contributed by atoms with Crippen molar-refractivity contribution in [2.24, 2.45) is 0 Å². The van der Waals surface area contributed by atoms with Gasteiger partial charge in [0, 0.05) is 11.8 Å². The lowest BCUT2D eigenvalue weighted by molar-refractivity contribution is 0.102. The molecule has 0 spiro atoms. The molecule has 0 saturated heterocycles. The molecule has 0 aliphatic heterocycles. The number of aromatic nitrogens is 1. The second kappa shape index (κ2) is 8.71. The van der Waals surface area contributed by atoms with Crippen LogP contribution in [0.3, 0.4) is 0 Å². The molecule has 0 saturated carbocycles. The molecular formula is C21H20N2O4. The topological polar surface area (TPSA) is 69.7 Å². The first-order valence-electron chi connectivity index (χ1n) is 8.36. The highest BCUT2D eigenvalue weighted by atomic mass is 16.5. The minimum Gasteiger partial charge on any atom is -0.493 e. The van der Waals surface area contributed by atoms with Crippen LogP contribution in [-0.4, -0.2) is 25.1 Å². The molecule has 0 bridgehead atoms. The molecule has 3 rings (SSSR count). The Bertz CT molecular complexity index is 874. The molecular weight excluding hydrogens is 344 g/mol. The molecule has 6 heteroatoms. The molecule has 1 heterocycles. The molecule has 1 N–H and O–H groups in total. The van der Waals surface area contributed by atoms with E-state index in [1.807, 2.05) is 30.3 Å². The third-order valence-electron chi connectivity index (χ3n) is 3.86. The molecule has 0 unspecified atom stereocenters. The summed E-state index contributed by atoms with van der Waals surface area (Å²) in [6, 6.07) is 18.3. The van der Waals surface area contributed by atoms with Crippen molar-refractivity contribution >= 4 is 11.7 Å². The third-order valence-corrected chi connectivity index (χ3v) is 3.86. The van der Waals surface area contributed by atoms with E-state index in [-0.39, 0.29) is 5.91 Å². The quantitative estimate of drug-likeness (QED) is 0.688. The fourth-order valence-corrected chi connectivity index (χ4v) is 2.51. The van der Waals surface area contributed by atoms with Crippen molar-refractivity contribution in [3.8, 4) is 17.2 Å².